The van der Waals surface area contributed by atoms with Crippen molar-refractivity contribution in [2.45, 2.75) is 32.0 Å². The van der Waals surface area contributed by atoms with Crippen molar-refractivity contribution in [2.75, 3.05) is 19.8 Å². The van der Waals surface area contributed by atoms with E-state index in [-0.39, 0.29) is 0 Å². The van der Waals surface area contributed by atoms with Gasteiger partial charge in [-0.1, -0.05) is 42.5 Å². The van der Waals surface area contributed by atoms with Crippen LogP contribution in [-0.4, -0.2) is 24.9 Å². The van der Waals surface area contributed by atoms with Gasteiger partial charge in [-0.15, -0.1) is 0 Å². The highest BCUT2D eigenvalue weighted by Crippen LogP contribution is 2.21. The van der Waals surface area contributed by atoms with Crippen LogP contribution in [0, 0.1) is 0 Å². The summed E-state index contributed by atoms with van der Waals surface area (Å²) in [6.45, 7) is 2.50. The summed E-state index contributed by atoms with van der Waals surface area (Å²) >= 11 is 0. The second-order valence-corrected chi connectivity index (χ2v) is 5.76. The molecule has 0 aliphatic rings. The Bertz CT molecular complexity index is 574. The van der Waals surface area contributed by atoms with Crippen molar-refractivity contribution in [3.63, 3.8) is 0 Å². The molecule has 2 rings (SSSR count). The minimum absolute atomic E-state index is 0.467. The number of aliphatic hydroxyl groups excluding tert-OH is 1. The van der Waals surface area contributed by atoms with Crippen molar-refractivity contribution >= 4 is 0 Å². The summed E-state index contributed by atoms with van der Waals surface area (Å²) < 4.78 is 11.4. The van der Waals surface area contributed by atoms with Crippen LogP contribution in [0.25, 0.3) is 0 Å². The number of benzene rings is 2. The molecule has 0 saturated carbocycles. The summed E-state index contributed by atoms with van der Waals surface area (Å²) in [5.74, 6) is 0.786. The number of unbranched alkanes of at least 4 members (excludes halogenated alkanes) is 1. The molecule has 2 aromatic rings. The average Bonchev–Trinajstić information content (AvgIpc) is 2.62. The van der Waals surface area contributed by atoms with Crippen LogP contribution in [0.5, 0.6) is 5.75 Å². The minimum atomic E-state index is -0.523. The molecule has 0 aliphatic heterocycles. The molecule has 0 heterocycles. The second-order valence-electron chi connectivity index (χ2n) is 5.76. The van der Waals surface area contributed by atoms with Crippen LogP contribution in [0.4, 0.5) is 0 Å². The highest BCUT2D eigenvalue weighted by atomic mass is 16.5. The molecule has 4 heteroatoms. The molecule has 24 heavy (non-hydrogen) atoms. The van der Waals surface area contributed by atoms with Gasteiger partial charge in [0.1, 0.15) is 5.75 Å². The molecule has 0 aromatic heterocycles. The van der Waals surface area contributed by atoms with Crippen LogP contribution in [0.15, 0.2) is 54.6 Å². The van der Waals surface area contributed by atoms with E-state index in [0.29, 0.717) is 26.2 Å². The quantitative estimate of drug-likeness (QED) is 0.620. The Labute approximate surface area is 144 Å². The largest absolute Gasteiger partial charge is 0.494 e. The Balaban J connectivity index is 1.59. The molecular weight excluding hydrogens is 302 g/mol. The van der Waals surface area contributed by atoms with E-state index in [9.17, 15) is 5.11 Å². The number of rotatable bonds is 11. The molecule has 2 aromatic carbocycles. The van der Waals surface area contributed by atoms with Crippen LogP contribution >= 0.6 is 0 Å². The topological polar surface area (TPSA) is 64.7 Å². The highest BCUT2D eigenvalue weighted by molar-refractivity contribution is 5.29. The predicted molar refractivity (Wildman–Crippen MR) is 95.9 cm³/mol. The summed E-state index contributed by atoms with van der Waals surface area (Å²) in [4.78, 5) is 0. The zero-order valence-electron chi connectivity index (χ0n) is 14.1. The smallest absolute Gasteiger partial charge is 0.119 e. The third-order valence-corrected chi connectivity index (χ3v) is 3.75. The Morgan fingerprint density at radius 3 is 2.54 bits per heavy atom. The summed E-state index contributed by atoms with van der Waals surface area (Å²) in [7, 11) is 0. The number of aliphatic hydroxyl groups is 1. The number of hydrogen-bond acceptors (Lipinski definition) is 4. The second kappa shape index (κ2) is 10.8. The molecule has 0 saturated heterocycles. The normalized spacial score (nSPS) is 12.1. The van der Waals surface area contributed by atoms with Gasteiger partial charge in [-0.05, 0) is 49.1 Å². The Hall–Kier alpha value is -1.88. The van der Waals surface area contributed by atoms with E-state index in [1.54, 1.807) is 0 Å². The van der Waals surface area contributed by atoms with Crippen molar-refractivity contribution in [3.05, 3.63) is 65.7 Å². The fraction of sp³-hybridized carbons (Fsp3) is 0.400. The van der Waals surface area contributed by atoms with Crippen molar-refractivity contribution in [2.24, 2.45) is 5.73 Å². The lowest BCUT2D eigenvalue weighted by Gasteiger charge is -2.12. The molecule has 3 N–H and O–H groups in total. The van der Waals surface area contributed by atoms with E-state index in [4.69, 9.17) is 15.2 Å². The Kier molecular flexibility index (Phi) is 8.32. The van der Waals surface area contributed by atoms with Crippen molar-refractivity contribution < 1.29 is 14.6 Å². The molecule has 1 unspecified atom stereocenters. The maximum atomic E-state index is 9.96. The molecule has 0 radical (unpaired) electrons. The van der Waals surface area contributed by atoms with Crippen LogP contribution < -0.4 is 10.5 Å². The van der Waals surface area contributed by atoms with Crippen molar-refractivity contribution in [1.82, 2.24) is 0 Å². The van der Waals surface area contributed by atoms with Gasteiger partial charge >= 0.3 is 0 Å². The first-order valence-corrected chi connectivity index (χ1v) is 8.52. The van der Waals surface area contributed by atoms with E-state index in [2.05, 4.69) is 12.1 Å². The zero-order chi connectivity index (χ0) is 17.0. The van der Waals surface area contributed by atoms with E-state index in [1.807, 2.05) is 42.5 Å². The number of ether oxygens (including phenoxy) is 2. The van der Waals surface area contributed by atoms with Gasteiger partial charge in [0.25, 0.3) is 0 Å². The number of hydrogen-bond donors (Lipinski definition) is 2. The van der Waals surface area contributed by atoms with Crippen molar-refractivity contribution in [1.29, 1.82) is 0 Å². The Morgan fingerprint density at radius 1 is 0.958 bits per heavy atom. The average molecular weight is 329 g/mol. The zero-order valence-corrected chi connectivity index (χ0v) is 14.1. The molecule has 130 valence electrons. The van der Waals surface area contributed by atoms with E-state index in [1.165, 1.54) is 5.56 Å². The SMILES string of the molecule is NCCC(O)c1cccc(OCCCCOCc2ccccc2)c1. The molecular formula is C20H27NO3. The highest BCUT2D eigenvalue weighted by Gasteiger charge is 2.07. The van der Waals surface area contributed by atoms with E-state index in [0.717, 1.165) is 30.8 Å². The summed E-state index contributed by atoms with van der Waals surface area (Å²) in [6.07, 6.45) is 1.93. The third-order valence-electron chi connectivity index (χ3n) is 3.75. The molecule has 0 fully saturated rings. The molecule has 0 spiro atoms. The molecule has 4 nitrogen and oxygen atoms in total. The number of nitrogens with two attached hydrogens (primary N) is 1. The molecule has 0 bridgehead atoms. The lowest BCUT2D eigenvalue weighted by atomic mass is 10.1. The van der Waals surface area contributed by atoms with E-state index < -0.39 is 6.10 Å². The maximum Gasteiger partial charge on any atom is 0.119 e. The van der Waals surface area contributed by atoms with Crippen LogP contribution in [0.2, 0.25) is 0 Å². The molecule has 0 aliphatic carbocycles. The standard InChI is InChI=1S/C20H27NO3/c21-12-11-20(22)18-9-6-10-19(15-18)24-14-5-4-13-23-16-17-7-2-1-3-8-17/h1-3,6-10,15,20,22H,4-5,11-14,16,21H2. The van der Waals surface area contributed by atoms with Gasteiger partial charge in [0.05, 0.1) is 19.3 Å². The van der Waals surface area contributed by atoms with E-state index >= 15 is 0 Å². The van der Waals surface area contributed by atoms with Gasteiger partial charge in [-0.25, -0.2) is 0 Å². The van der Waals surface area contributed by atoms with Gasteiger partial charge < -0.3 is 20.3 Å². The Morgan fingerprint density at radius 2 is 1.75 bits per heavy atom. The first-order valence-electron chi connectivity index (χ1n) is 8.52. The predicted octanol–water partition coefficient (Wildman–Crippen LogP) is 3.44. The minimum Gasteiger partial charge on any atom is -0.494 e. The van der Waals surface area contributed by atoms with Crippen LogP contribution in [0.3, 0.4) is 0 Å². The maximum absolute atomic E-state index is 9.96. The van der Waals surface area contributed by atoms with Gasteiger partial charge in [-0.3, -0.25) is 0 Å². The van der Waals surface area contributed by atoms with Gasteiger partial charge in [0, 0.05) is 6.61 Å². The van der Waals surface area contributed by atoms with Crippen LogP contribution in [-0.2, 0) is 11.3 Å². The van der Waals surface area contributed by atoms with Gasteiger partial charge in [0.2, 0.25) is 0 Å². The molecule has 0 amide bonds. The summed E-state index contributed by atoms with van der Waals surface area (Å²) in [5, 5.41) is 9.96. The first kappa shape index (κ1) is 18.5. The lowest BCUT2D eigenvalue weighted by Crippen LogP contribution is -2.07. The summed E-state index contributed by atoms with van der Waals surface area (Å²) in [5.41, 5.74) is 7.52. The lowest BCUT2D eigenvalue weighted by molar-refractivity contribution is 0.113. The fourth-order valence-corrected chi connectivity index (χ4v) is 2.40. The van der Waals surface area contributed by atoms with Gasteiger partial charge in [0.15, 0.2) is 0 Å². The third kappa shape index (κ3) is 6.71. The monoisotopic (exact) mass is 329 g/mol. The van der Waals surface area contributed by atoms with Crippen LogP contribution in [0.1, 0.15) is 36.5 Å². The fourth-order valence-electron chi connectivity index (χ4n) is 2.40. The van der Waals surface area contributed by atoms with Gasteiger partial charge in [-0.2, -0.15) is 0 Å². The van der Waals surface area contributed by atoms with Crippen molar-refractivity contribution in [3.8, 4) is 5.75 Å². The summed E-state index contributed by atoms with van der Waals surface area (Å²) in [6, 6.07) is 17.8. The first-order chi connectivity index (χ1) is 11.8. The molecule has 1 atom stereocenters.